The molecule has 1 aliphatic heterocycles. The molecule has 7 nitrogen and oxygen atoms in total. The summed E-state index contributed by atoms with van der Waals surface area (Å²) < 4.78 is 9.88. The molecule has 1 saturated heterocycles. The Morgan fingerprint density at radius 3 is 2.20 bits per heavy atom. The van der Waals surface area contributed by atoms with Crippen LogP contribution < -0.4 is 0 Å². The number of carbonyl (C=O) groups excluding carboxylic acids is 3. The van der Waals surface area contributed by atoms with Crippen LogP contribution in [-0.4, -0.2) is 54.5 Å². The lowest BCUT2D eigenvalue weighted by atomic mass is 10.1. The van der Waals surface area contributed by atoms with Crippen LogP contribution in [-0.2, 0) is 14.3 Å². The van der Waals surface area contributed by atoms with Crippen molar-refractivity contribution in [1.82, 2.24) is 9.88 Å². The number of likely N-dealkylation sites (tertiary alicyclic amines) is 1. The van der Waals surface area contributed by atoms with E-state index in [1.807, 2.05) is 0 Å². The van der Waals surface area contributed by atoms with E-state index in [4.69, 9.17) is 9.47 Å². The summed E-state index contributed by atoms with van der Waals surface area (Å²) in [6.45, 7) is 4.46. The van der Waals surface area contributed by atoms with Crippen LogP contribution in [0.2, 0.25) is 0 Å². The van der Waals surface area contributed by atoms with Gasteiger partial charge in [-0.15, -0.1) is 0 Å². The fourth-order valence-electron chi connectivity index (χ4n) is 3.15. The molecule has 0 radical (unpaired) electrons. The molecule has 1 amide bonds. The zero-order chi connectivity index (χ0) is 18.4. The molecular formula is C18H26N2O5. The lowest BCUT2D eigenvalue weighted by molar-refractivity contribution is -0.134. The largest absolute Gasteiger partial charge is 0.465 e. The number of carbonyl (C=O) groups is 3. The van der Waals surface area contributed by atoms with Gasteiger partial charge in [-0.2, -0.15) is 0 Å². The van der Waals surface area contributed by atoms with E-state index in [2.05, 4.69) is 4.98 Å². The van der Waals surface area contributed by atoms with E-state index in [1.165, 1.54) is 13.5 Å². The van der Waals surface area contributed by atoms with Crippen molar-refractivity contribution in [2.24, 2.45) is 0 Å². The third-order valence-corrected chi connectivity index (χ3v) is 4.57. The second-order valence-corrected chi connectivity index (χ2v) is 6.34. The lowest BCUT2D eigenvalue weighted by Crippen LogP contribution is -2.37. The van der Waals surface area contributed by atoms with Gasteiger partial charge in [-0.05, 0) is 32.3 Å². The number of ether oxygens (including phenoxy) is 2. The molecule has 2 rings (SSSR count). The number of nitrogens with zero attached hydrogens (tertiary/aromatic N) is 1. The standard InChI is InChI=1S/C18H26N2O5/c1-12-15(17(22)24-3)13(2)19-16(12)18(23)25-11-14(21)20-9-7-5-4-6-8-10-20/h19H,4-11H2,1-3H3. The van der Waals surface area contributed by atoms with E-state index in [1.54, 1.807) is 18.7 Å². The van der Waals surface area contributed by atoms with Gasteiger partial charge in [-0.25, -0.2) is 9.59 Å². The molecule has 0 aromatic carbocycles. The third-order valence-electron chi connectivity index (χ3n) is 4.57. The molecule has 1 fully saturated rings. The summed E-state index contributed by atoms with van der Waals surface area (Å²) in [5.74, 6) is -1.33. The summed E-state index contributed by atoms with van der Waals surface area (Å²) in [5, 5.41) is 0. The quantitative estimate of drug-likeness (QED) is 0.842. The number of hydrogen-bond donors (Lipinski definition) is 1. The van der Waals surface area contributed by atoms with Crippen LogP contribution in [0.3, 0.4) is 0 Å². The van der Waals surface area contributed by atoms with E-state index in [0.717, 1.165) is 25.7 Å². The van der Waals surface area contributed by atoms with E-state index in [9.17, 15) is 14.4 Å². The molecule has 0 saturated carbocycles. The summed E-state index contributed by atoms with van der Waals surface area (Å²) in [6.07, 6.45) is 5.43. The van der Waals surface area contributed by atoms with Gasteiger partial charge in [0.25, 0.3) is 5.91 Å². The van der Waals surface area contributed by atoms with Crippen molar-refractivity contribution in [2.75, 3.05) is 26.8 Å². The minimum atomic E-state index is -0.642. The first-order valence-corrected chi connectivity index (χ1v) is 8.68. The highest BCUT2D eigenvalue weighted by Gasteiger charge is 2.24. The molecule has 0 unspecified atom stereocenters. The third kappa shape index (κ3) is 4.61. The van der Waals surface area contributed by atoms with Crippen molar-refractivity contribution in [3.05, 3.63) is 22.5 Å². The van der Waals surface area contributed by atoms with Crippen molar-refractivity contribution in [1.29, 1.82) is 0 Å². The molecule has 0 atom stereocenters. The monoisotopic (exact) mass is 350 g/mol. The summed E-state index contributed by atoms with van der Waals surface area (Å²) in [4.78, 5) is 40.9. The summed E-state index contributed by atoms with van der Waals surface area (Å²) >= 11 is 0. The molecule has 25 heavy (non-hydrogen) atoms. The van der Waals surface area contributed by atoms with Gasteiger partial charge >= 0.3 is 11.9 Å². The van der Waals surface area contributed by atoms with Crippen LogP contribution >= 0.6 is 0 Å². The summed E-state index contributed by atoms with van der Waals surface area (Å²) in [5.41, 5.74) is 1.50. The fourth-order valence-corrected chi connectivity index (χ4v) is 3.15. The van der Waals surface area contributed by atoms with Crippen LogP contribution in [0.15, 0.2) is 0 Å². The van der Waals surface area contributed by atoms with Gasteiger partial charge in [0.15, 0.2) is 6.61 Å². The molecule has 0 aliphatic carbocycles. The molecule has 0 spiro atoms. The van der Waals surface area contributed by atoms with Crippen LogP contribution in [0.5, 0.6) is 0 Å². The maximum atomic E-state index is 12.3. The Kier molecular flexibility index (Phi) is 6.61. The van der Waals surface area contributed by atoms with E-state index in [-0.39, 0.29) is 18.2 Å². The molecule has 138 valence electrons. The first-order chi connectivity index (χ1) is 12.0. The molecule has 1 aliphatic rings. The second-order valence-electron chi connectivity index (χ2n) is 6.34. The predicted octanol–water partition coefficient (Wildman–Crippen LogP) is 2.37. The predicted molar refractivity (Wildman–Crippen MR) is 91.6 cm³/mol. The van der Waals surface area contributed by atoms with Gasteiger partial charge in [0, 0.05) is 18.8 Å². The van der Waals surface area contributed by atoms with Gasteiger partial charge in [-0.1, -0.05) is 19.3 Å². The summed E-state index contributed by atoms with van der Waals surface area (Å²) in [7, 11) is 1.29. The number of methoxy groups -OCH3 is 1. The lowest BCUT2D eigenvalue weighted by Gasteiger charge is -2.24. The fraction of sp³-hybridized carbons (Fsp3) is 0.611. The van der Waals surface area contributed by atoms with Crippen molar-refractivity contribution in [3.8, 4) is 0 Å². The number of hydrogen-bond acceptors (Lipinski definition) is 5. The van der Waals surface area contributed by atoms with Crippen LogP contribution in [0.25, 0.3) is 0 Å². The van der Waals surface area contributed by atoms with Crippen LogP contribution in [0.4, 0.5) is 0 Å². The highest BCUT2D eigenvalue weighted by atomic mass is 16.5. The van der Waals surface area contributed by atoms with Gasteiger partial charge in [-0.3, -0.25) is 4.79 Å². The number of nitrogens with one attached hydrogen (secondary N) is 1. The average molecular weight is 350 g/mol. The number of aromatic nitrogens is 1. The van der Waals surface area contributed by atoms with Gasteiger partial charge in [0.1, 0.15) is 5.69 Å². The number of rotatable bonds is 4. The second kappa shape index (κ2) is 8.69. The molecule has 1 aromatic heterocycles. The number of aromatic amines is 1. The number of H-pyrrole nitrogens is 1. The minimum absolute atomic E-state index is 0.177. The molecule has 7 heteroatoms. The Hall–Kier alpha value is -2.31. The Bertz CT molecular complexity index is 642. The Labute approximate surface area is 147 Å². The van der Waals surface area contributed by atoms with Crippen molar-refractivity contribution in [3.63, 3.8) is 0 Å². The molecular weight excluding hydrogens is 324 g/mol. The smallest absolute Gasteiger partial charge is 0.355 e. The SMILES string of the molecule is COC(=O)c1c(C)[nH]c(C(=O)OCC(=O)N2CCCCCCC2)c1C. The van der Waals surface area contributed by atoms with E-state index < -0.39 is 11.9 Å². The molecule has 1 aromatic rings. The first kappa shape index (κ1) is 19.0. The normalized spacial score (nSPS) is 15.2. The first-order valence-electron chi connectivity index (χ1n) is 8.68. The Balaban J connectivity index is 1.98. The van der Waals surface area contributed by atoms with Crippen LogP contribution in [0, 0.1) is 13.8 Å². The average Bonchev–Trinajstić information content (AvgIpc) is 2.86. The zero-order valence-corrected chi connectivity index (χ0v) is 15.1. The summed E-state index contributed by atoms with van der Waals surface area (Å²) in [6, 6.07) is 0. The maximum absolute atomic E-state index is 12.3. The topological polar surface area (TPSA) is 88.7 Å². The van der Waals surface area contributed by atoms with Gasteiger partial charge in [0.2, 0.25) is 0 Å². The van der Waals surface area contributed by atoms with Crippen LogP contribution in [0.1, 0.15) is 64.2 Å². The molecule has 0 bridgehead atoms. The van der Waals surface area contributed by atoms with Crippen molar-refractivity contribution < 1.29 is 23.9 Å². The zero-order valence-electron chi connectivity index (χ0n) is 15.1. The molecule has 2 heterocycles. The van der Waals surface area contributed by atoms with E-state index in [0.29, 0.717) is 29.9 Å². The van der Waals surface area contributed by atoms with Gasteiger partial charge in [0.05, 0.1) is 12.7 Å². The van der Waals surface area contributed by atoms with Gasteiger partial charge < -0.3 is 19.4 Å². The highest BCUT2D eigenvalue weighted by molar-refractivity contribution is 5.99. The minimum Gasteiger partial charge on any atom is -0.465 e. The Morgan fingerprint density at radius 2 is 1.60 bits per heavy atom. The Morgan fingerprint density at radius 1 is 1.00 bits per heavy atom. The number of aryl methyl sites for hydroxylation is 1. The number of amides is 1. The van der Waals surface area contributed by atoms with Crippen molar-refractivity contribution >= 4 is 17.8 Å². The number of esters is 2. The highest BCUT2D eigenvalue weighted by Crippen LogP contribution is 2.19. The van der Waals surface area contributed by atoms with E-state index >= 15 is 0 Å². The van der Waals surface area contributed by atoms with Crippen molar-refractivity contribution in [2.45, 2.75) is 46.0 Å². The molecule has 1 N–H and O–H groups in total. The maximum Gasteiger partial charge on any atom is 0.355 e.